The molecule has 1 aliphatic heterocycles. The Labute approximate surface area is 173 Å². The van der Waals surface area contributed by atoms with Crippen LogP contribution >= 0.6 is 0 Å². The van der Waals surface area contributed by atoms with Crippen LogP contribution in [-0.2, 0) is 4.79 Å². The lowest BCUT2D eigenvalue weighted by Gasteiger charge is -2.35. The number of aliphatic hydroxyl groups excluding tert-OH is 1. The predicted octanol–water partition coefficient (Wildman–Crippen LogP) is 2.02. The molecule has 1 heterocycles. The molecule has 29 heavy (non-hydrogen) atoms. The summed E-state index contributed by atoms with van der Waals surface area (Å²) in [5.74, 6) is 0.911. The average molecular weight is 398 g/mol. The Morgan fingerprint density at radius 1 is 1.03 bits per heavy atom. The second-order valence-corrected chi connectivity index (χ2v) is 7.60. The number of anilines is 1. The summed E-state index contributed by atoms with van der Waals surface area (Å²) in [6.45, 7) is 6.59. The van der Waals surface area contributed by atoms with E-state index in [2.05, 4.69) is 9.80 Å². The van der Waals surface area contributed by atoms with E-state index in [1.165, 1.54) is 0 Å². The number of nitrogens with zero attached hydrogens (tertiary/aromatic N) is 3. The number of rotatable bonds is 8. The Morgan fingerprint density at radius 3 is 2.34 bits per heavy atom. The topological polar surface area (TPSA) is 56.3 Å². The fraction of sp³-hybridized carbons (Fsp3) is 0.435. The van der Waals surface area contributed by atoms with Crippen LogP contribution in [0.2, 0.25) is 0 Å². The monoisotopic (exact) mass is 397 g/mol. The normalized spacial score (nSPS) is 16.4. The summed E-state index contributed by atoms with van der Waals surface area (Å²) in [6, 6.07) is 17.5. The van der Waals surface area contributed by atoms with Gasteiger partial charge in [0.15, 0.2) is 0 Å². The molecule has 6 heteroatoms. The van der Waals surface area contributed by atoms with E-state index >= 15 is 0 Å². The highest BCUT2D eigenvalue weighted by molar-refractivity contribution is 5.94. The molecule has 0 aromatic heterocycles. The Morgan fingerprint density at radius 2 is 1.66 bits per heavy atom. The van der Waals surface area contributed by atoms with E-state index in [0.717, 1.165) is 43.2 Å². The van der Waals surface area contributed by atoms with Gasteiger partial charge in [0.1, 0.15) is 18.5 Å². The second kappa shape index (κ2) is 10.4. The molecule has 0 saturated carbocycles. The van der Waals surface area contributed by atoms with Crippen LogP contribution in [0.1, 0.15) is 5.56 Å². The van der Waals surface area contributed by atoms with Gasteiger partial charge in [-0.2, -0.15) is 0 Å². The van der Waals surface area contributed by atoms with Crippen molar-refractivity contribution in [1.29, 1.82) is 0 Å². The molecule has 0 spiro atoms. The largest absolute Gasteiger partial charge is 0.491 e. The predicted molar refractivity (Wildman–Crippen MR) is 115 cm³/mol. The number of para-hydroxylation sites is 2. The highest BCUT2D eigenvalue weighted by Gasteiger charge is 2.22. The first-order chi connectivity index (χ1) is 14.0. The molecule has 2 aromatic rings. The summed E-state index contributed by atoms with van der Waals surface area (Å²) in [6.07, 6.45) is -0.535. The number of hydrogen-bond acceptors (Lipinski definition) is 5. The fourth-order valence-electron chi connectivity index (χ4n) is 3.48. The maximum Gasteiger partial charge on any atom is 0.240 e. The van der Waals surface area contributed by atoms with Gasteiger partial charge in [-0.05, 0) is 30.7 Å². The number of carbonyl (C=O) groups excluding carboxylic acids is 1. The third kappa shape index (κ3) is 6.29. The molecule has 1 amide bonds. The molecule has 0 aliphatic carbocycles. The number of aliphatic hydroxyl groups is 1. The Bertz CT molecular complexity index is 776. The Balaban J connectivity index is 1.37. The summed E-state index contributed by atoms with van der Waals surface area (Å²) in [5.41, 5.74) is 1.98. The van der Waals surface area contributed by atoms with Gasteiger partial charge in [0, 0.05) is 45.5 Å². The first-order valence-electron chi connectivity index (χ1n) is 10.2. The maximum atomic E-state index is 12.5. The lowest BCUT2D eigenvalue weighted by atomic mass is 10.2. The van der Waals surface area contributed by atoms with Gasteiger partial charge in [-0.15, -0.1) is 0 Å². The summed E-state index contributed by atoms with van der Waals surface area (Å²) in [5, 5.41) is 10.3. The van der Waals surface area contributed by atoms with E-state index in [1.54, 1.807) is 4.90 Å². The van der Waals surface area contributed by atoms with Gasteiger partial charge in [-0.1, -0.05) is 36.4 Å². The molecule has 0 bridgehead atoms. The molecule has 3 rings (SSSR count). The third-order valence-electron chi connectivity index (χ3n) is 5.34. The van der Waals surface area contributed by atoms with E-state index in [1.807, 2.05) is 68.6 Å². The standard InChI is InChI=1S/C23H31N3O3/c1-19-8-6-7-11-22(19)29-18-21(27)16-25-12-14-26(15-13-25)17-23(28)24(2)20-9-4-3-5-10-20/h3-11,21,27H,12-18H2,1-2H3. The van der Waals surface area contributed by atoms with Crippen LogP contribution in [0, 0.1) is 6.92 Å². The number of hydrogen-bond donors (Lipinski definition) is 1. The van der Waals surface area contributed by atoms with E-state index in [9.17, 15) is 9.90 Å². The van der Waals surface area contributed by atoms with Crippen LogP contribution in [0.25, 0.3) is 0 Å². The minimum atomic E-state index is -0.535. The van der Waals surface area contributed by atoms with Crippen LogP contribution in [0.15, 0.2) is 54.6 Å². The van der Waals surface area contributed by atoms with Gasteiger partial charge < -0.3 is 14.7 Å². The van der Waals surface area contributed by atoms with Gasteiger partial charge in [0.25, 0.3) is 0 Å². The maximum absolute atomic E-state index is 12.5. The Kier molecular flexibility index (Phi) is 7.63. The van der Waals surface area contributed by atoms with Crippen molar-refractivity contribution in [3.63, 3.8) is 0 Å². The average Bonchev–Trinajstić information content (AvgIpc) is 2.74. The Hall–Kier alpha value is -2.41. The SMILES string of the molecule is Cc1ccccc1OCC(O)CN1CCN(CC(=O)N(C)c2ccccc2)CC1. The quantitative estimate of drug-likeness (QED) is 0.739. The van der Waals surface area contributed by atoms with E-state index < -0.39 is 6.10 Å². The van der Waals surface area contributed by atoms with Crippen molar-refractivity contribution < 1.29 is 14.6 Å². The first-order valence-corrected chi connectivity index (χ1v) is 10.2. The van der Waals surface area contributed by atoms with Crippen LogP contribution in [0.3, 0.4) is 0 Å². The molecule has 1 aliphatic rings. The molecule has 1 N–H and O–H groups in total. The summed E-state index contributed by atoms with van der Waals surface area (Å²) in [7, 11) is 1.82. The summed E-state index contributed by atoms with van der Waals surface area (Å²) < 4.78 is 5.74. The van der Waals surface area contributed by atoms with E-state index in [-0.39, 0.29) is 12.5 Å². The lowest BCUT2D eigenvalue weighted by molar-refractivity contribution is -0.119. The molecule has 156 valence electrons. The lowest BCUT2D eigenvalue weighted by Crippen LogP contribution is -2.51. The molecule has 1 fully saturated rings. The molecule has 1 saturated heterocycles. The number of likely N-dealkylation sites (N-methyl/N-ethyl adjacent to an activating group) is 1. The fourth-order valence-corrected chi connectivity index (χ4v) is 3.48. The number of β-amino-alcohol motifs (C(OH)–C–C–N with tert-alkyl or cyclic N) is 1. The third-order valence-corrected chi connectivity index (χ3v) is 5.34. The molecule has 2 aromatic carbocycles. The molecule has 6 nitrogen and oxygen atoms in total. The molecular formula is C23H31N3O3. The van der Waals surface area contributed by atoms with E-state index in [0.29, 0.717) is 13.1 Å². The van der Waals surface area contributed by atoms with Crippen LogP contribution in [0.5, 0.6) is 5.75 Å². The van der Waals surface area contributed by atoms with Crippen molar-refractivity contribution in [2.45, 2.75) is 13.0 Å². The number of ether oxygens (including phenoxy) is 1. The zero-order valence-electron chi connectivity index (χ0n) is 17.3. The zero-order valence-corrected chi connectivity index (χ0v) is 17.3. The molecule has 0 radical (unpaired) electrons. The van der Waals surface area contributed by atoms with Crippen LogP contribution in [0.4, 0.5) is 5.69 Å². The highest BCUT2D eigenvalue weighted by Crippen LogP contribution is 2.16. The molecule has 1 unspecified atom stereocenters. The minimum absolute atomic E-state index is 0.0938. The first kappa shape index (κ1) is 21.3. The zero-order chi connectivity index (χ0) is 20.6. The van der Waals surface area contributed by atoms with Gasteiger partial charge >= 0.3 is 0 Å². The minimum Gasteiger partial charge on any atom is -0.491 e. The molecule has 1 atom stereocenters. The van der Waals surface area contributed by atoms with Crippen molar-refractivity contribution in [3.05, 3.63) is 60.2 Å². The summed E-state index contributed by atoms with van der Waals surface area (Å²) in [4.78, 5) is 18.6. The number of piperazine rings is 1. The van der Waals surface area contributed by atoms with Crippen molar-refractivity contribution in [2.24, 2.45) is 0 Å². The highest BCUT2D eigenvalue weighted by atomic mass is 16.5. The van der Waals surface area contributed by atoms with Crippen molar-refractivity contribution >= 4 is 11.6 Å². The van der Waals surface area contributed by atoms with Gasteiger partial charge in [0.05, 0.1) is 6.54 Å². The van der Waals surface area contributed by atoms with Gasteiger partial charge in [-0.3, -0.25) is 14.6 Å². The van der Waals surface area contributed by atoms with Gasteiger partial charge in [-0.25, -0.2) is 0 Å². The van der Waals surface area contributed by atoms with Crippen molar-refractivity contribution in [2.75, 3.05) is 57.8 Å². The van der Waals surface area contributed by atoms with Gasteiger partial charge in [0.2, 0.25) is 5.91 Å². The van der Waals surface area contributed by atoms with Crippen molar-refractivity contribution in [1.82, 2.24) is 9.80 Å². The molecular weight excluding hydrogens is 366 g/mol. The smallest absolute Gasteiger partial charge is 0.240 e. The van der Waals surface area contributed by atoms with Crippen LogP contribution in [-0.4, -0.2) is 79.8 Å². The second-order valence-electron chi connectivity index (χ2n) is 7.60. The van der Waals surface area contributed by atoms with Crippen molar-refractivity contribution in [3.8, 4) is 5.75 Å². The number of amides is 1. The van der Waals surface area contributed by atoms with E-state index in [4.69, 9.17) is 4.74 Å². The number of carbonyl (C=O) groups is 1. The number of aryl methyl sites for hydroxylation is 1. The summed E-state index contributed by atoms with van der Waals surface area (Å²) >= 11 is 0. The number of benzene rings is 2. The van der Waals surface area contributed by atoms with Crippen LogP contribution < -0.4 is 9.64 Å².